The zero-order valence-corrected chi connectivity index (χ0v) is 13.4. The fourth-order valence-electron chi connectivity index (χ4n) is 2.20. The minimum atomic E-state index is -0.365. The normalized spacial score (nSPS) is 10.7. The van der Waals surface area contributed by atoms with Crippen molar-refractivity contribution in [3.8, 4) is 0 Å². The van der Waals surface area contributed by atoms with Crippen LogP contribution in [-0.4, -0.2) is 29.0 Å². The SMILES string of the molecule is CCCCCN(c1cc([N+](=O)[O-])cc(NCC)n1)C(C)C. The van der Waals surface area contributed by atoms with Gasteiger partial charge >= 0.3 is 0 Å². The van der Waals surface area contributed by atoms with Crippen molar-refractivity contribution in [1.82, 2.24) is 4.98 Å². The molecule has 0 spiro atoms. The van der Waals surface area contributed by atoms with Gasteiger partial charge in [0.25, 0.3) is 5.69 Å². The summed E-state index contributed by atoms with van der Waals surface area (Å²) in [4.78, 5) is 17.4. The van der Waals surface area contributed by atoms with Crippen LogP contribution >= 0.6 is 0 Å². The molecule has 1 N–H and O–H groups in total. The van der Waals surface area contributed by atoms with E-state index < -0.39 is 0 Å². The molecule has 21 heavy (non-hydrogen) atoms. The summed E-state index contributed by atoms with van der Waals surface area (Å²) in [7, 11) is 0. The number of unbranched alkanes of at least 4 members (excludes halogenated alkanes) is 2. The molecular weight excluding hydrogens is 268 g/mol. The third-order valence-corrected chi connectivity index (χ3v) is 3.29. The minimum absolute atomic E-state index is 0.0806. The molecule has 0 atom stereocenters. The van der Waals surface area contributed by atoms with Crippen LogP contribution in [0.15, 0.2) is 12.1 Å². The first-order valence-electron chi connectivity index (χ1n) is 7.66. The van der Waals surface area contributed by atoms with Crippen molar-refractivity contribution in [3.63, 3.8) is 0 Å². The summed E-state index contributed by atoms with van der Waals surface area (Å²) >= 11 is 0. The number of nitro groups is 1. The Morgan fingerprint density at radius 3 is 2.57 bits per heavy atom. The van der Waals surface area contributed by atoms with Gasteiger partial charge in [0, 0.05) is 19.1 Å². The lowest BCUT2D eigenvalue weighted by Crippen LogP contribution is -2.32. The second-order valence-corrected chi connectivity index (χ2v) is 5.35. The van der Waals surface area contributed by atoms with Crippen LogP contribution in [0.25, 0.3) is 0 Å². The molecule has 1 aromatic heterocycles. The standard InChI is InChI=1S/C15H26N4O2/c1-5-7-8-9-18(12(3)4)15-11-13(19(20)21)10-14(17-15)16-6-2/h10-12H,5-9H2,1-4H3,(H,16,17). The summed E-state index contributed by atoms with van der Waals surface area (Å²) < 4.78 is 0. The van der Waals surface area contributed by atoms with Crippen molar-refractivity contribution in [3.05, 3.63) is 22.2 Å². The number of anilines is 2. The first-order chi connectivity index (χ1) is 9.99. The number of rotatable bonds is 9. The molecule has 0 aliphatic rings. The lowest BCUT2D eigenvalue weighted by atomic mass is 10.2. The fourth-order valence-corrected chi connectivity index (χ4v) is 2.20. The van der Waals surface area contributed by atoms with Crippen LogP contribution in [0, 0.1) is 10.1 Å². The zero-order chi connectivity index (χ0) is 15.8. The number of aromatic nitrogens is 1. The van der Waals surface area contributed by atoms with E-state index in [0.717, 1.165) is 25.8 Å². The Labute approximate surface area is 126 Å². The maximum atomic E-state index is 11.1. The second kappa shape index (κ2) is 8.44. The summed E-state index contributed by atoms with van der Waals surface area (Å²) in [5, 5.41) is 14.2. The van der Waals surface area contributed by atoms with Crippen LogP contribution in [-0.2, 0) is 0 Å². The molecule has 0 saturated heterocycles. The highest BCUT2D eigenvalue weighted by Gasteiger charge is 2.17. The van der Waals surface area contributed by atoms with Crippen LogP contribution in [0.1, 0.15) is 47.0 Å². The van der Waals surface area contributed by atoms with Gasteiger partial charge in [-0.25, -0.2) is 4.98 Å². The predicted molar refractivity (Wildman–Crippen MR) is 87.1 cm³/mol. The average Bonchev–Trinajstić information content (AvgIpc) is 2.43. The van der Waals surface area contributed by atoms with Gasteiger partial charge in [0.1, 0.15) is 11.6 Å². The minimum Gasteiger partial charge on any atom is -0.370 e. The topological polar surface area (TPSA) is 71.3 Å². The summed E-state index contributed by atoms with van der Waals surface area (Å²) in [6, 6.07) is 3.30. The Morgan fingerprint density at radius 2 is 2.05 bits per heavy atom. The summed E-state index contributed by atoms with van der Waals surface area (Å²) in [6.07, 6.45) is 3.37. The molecule has 118 valence electrons. The first-order valence-corrected chi connectivity index (χ1v) is 7.66. The van der Waals surface area contributed by atoms with Gasteiger partial charge in [-0.1, -0.05) is 19.8 Å². The van der Waals surface area contributed by atoms with Gasteiger partial charge in [0.2, 0.25) is 0 Å². The number of hydrogen-bond donors (Lipinski definition) is 1. The monoisotopic (exact) mass is 294 g/mol. The first kappa shape index (κ1) is 17.2. The van der Waals surface area contributed by atoms with Gasteiger partial charge < -0.3 is 10.2 Å². The van der Waals surface area contributed by atoms with Gasteiger partial charge in [0.15, 0.2) is 0 Å². The highest BCUT2D eigenvalue weighted by molar-refractivity contribution is 5.56. The van der Waals surface area contributed by atoms with E-state index in [-0.39, 0.29) is 16.7 Å². The molecule has 0 radical (unpaired) electrons. The lowest BCUT2D eigenvalue weighted by Gasteiger charge is -2.28. The zero-order valence-electron chi connectivity index (χ0n) is 13.4. The van der Waals surface area contributed by atoms with Crippen molar-refractivity contribution < 1.29 is 4.92 Å². The quantitative estimate of drug-likeness (QED) is 0.426. The van der Waals surface area contributed by atoms with Gasteiger partial charge in [-0.05, 0) is 27.2 Å². The molecule has 1 rings (SSSR count). The van der Waals surface area contributed by atoms with Crippen LogP contribution in [0.3, 0.4) is 0 Å². The van der Waals surface area contributed by atoms with Gasteiger partial charge in [0.05, 0.1) is 17.1 Å². The van der Waals surface area contributed by atoms with E-state index in [9.17, 15) is 10.1 Å². The van der Waals surface area contributed by atoms with Crippen molar-refractivity contribution >= 4 is 17.3 Å². The van der Waals surface area contributed by atoms with E-state index in [0.29, 0.717) is 18.2 Å². The molecule has 0 saturated carbocycles. The number of nitrogens with one attached hydrogen (secondary N) is 1. The van der Waals surface area contributed by atoms with E-state index in [1.54, 1.807) is 6.07 Å². The Balaban J connectivity index is 3.07. The van der Waals surface area contributed by atoms with Crippen molar-refractivity contribution in [2.45, 2.75) is 53.0 Å². The van der Waals surface area contributed by atoms with Crippen LogP contribution < -0.4 is 10.2 Å². The van der Waals surface area contributed by atoms with Gasteiger partial charge in [-0.15, -0.1) is 0 Å². The van der Waals surface area contributed by atoms with E-state index >= 15 is 0 Å². The largest absolute Gasteiger partial charge is 0.370 e. The molecule has 0 aliphatic heterocycles. The summed E-state index contributed by atoms with van der Waals surface area (Å²) in [6.45, 7) is 9.82. The van der Waals surface area contributed by atoms with E-state index in [1.165, 1.54) is 6.07 Å². The highest BCUT2D eigenvalue weighted by Crippen LogP contribution is 2.25. The van der Waals surface area contributed by atoms with E-state index in [1.807, 2.05) is 6.92 Å². The molecule has 0 aromatic carbocycles. The lowest BCUT2D eigenvalue weighted by molar-refractivity contribution is -0.384. The highest BCUT2D eigenvalue weighted by atomic mass is 16.6. The molecule has 1 aromatic rings. The maximum Gasteiger partial charge on any atom is 0.276 e. The molecule has 1 heterocycles. The Bertz CT molecular complexity index is 463. The Kier molecular flexibility index (Phi) is 6.91. The molecule has 6 heteroatoms. The van der Waals surface area contributed by atoms with E-state index in [2.05, 4.69) is 36.0 Å². The third-order valence-electron chi connectivity index (χ3n) is 3.29. The molecule has 0 aliphatic carbocycles. The molecule has 0 bridgehead atoms. The maximum absolute atomic E-state index is 11.1. The molecule has 0 fully saturated rings. The molecular formula is C15H26N4O2. The average molecular weight is 294 g/mol. The fraction of sp³-hybridized carbons (Fsp3) is 0.667. The summed E-state index contributed by atoms with van der Waals surface area (Å²) in [5.41, 5.74) is 0.0806. The van der Waals surface area contributed by atoms with Crippen molar-refractivity contribution in [2.24, 2.45) is 0 Å². The van der Waals surface area contributed by atoms with Gasteiger partial charge in [-0.3, -0.25) is 10.1 Å². The van der Waals surface area contributed by atoms with E-state index in [4.69, 9.17) is 0 Å². The number of pyridine rings is 1. The predicted octanol–water partition coefficient (Wildman–Crippen LogP) is 3.83. The second-order valence-electron chi connectivity index (χ2n) is 5.35. The van der Waals surface area contributed by atoms with Crippen molar-refractivity contribution in [2.75, 3.05) is 23.3 Å². The number of hydrogen-bond acceptors (Lipinski definition) is 5. The molecule has 0 unspecified atom stereocenters. The number of nitrogens with zero attached hydrogens (tertiary/aromatic N) is 3. The van der Waals surface area contributed by atoms with Crippen LogP contribution in [0.4, 0.5) is 17.3 Å². The van der Waals surface area contributed by atoms with Crippen LogP contribution in [0.2, 0.25) is 0 Å². The molecule has 6 nitrogen and oxygen atoms in total. The smallest absolute Gasteiger partial charge is 0.276 e. The van der Waals surface area contributed by atoms with Gasteiger partial charge in [-0.2, -0.15) is 0 Å². The Hall–Kier alpha value is -1.85. The third kappa shape index (κ3) is 5.21. The van der Waals surface area contributed by atoms with Crippen LogP contribution in [0.5, 0.6) is 0 Å². The molecule has 0 amide bonds. The van der Waals surface area contributed by atoms with Crippen molar-refractivity contribution in [1.29, 1.82) is 0 Å². The summed E-state index contributed by atoms with van der Waals surface area (Å²) in [5.74, 6) is 1.23. The Morgan fingerprint density at radius 1 is 1.33 bits per heavy atom.